The number of rotatable bonds is 1. The van der Waals surface area contributed by atoms with E-state index in [9.17, 15) is 4.79 Å². The molecule has 0 amide bonds. The zero-order valence-corrected chi connectivity index (χ0v) is 5.71. The number of carbonyl (C=O) groups is 1. The lowest BCUT2D eigenvalue weighted by atomic mass is 9.62. The highest BCUT2D eigenvalue weighted by atomic mass is 16.4. The van der Waals surface area contributed by atoms with E-state index in [4.69, 9.17) is 5.11 Å². The predicted molar refractivity (Wildman–Crippen MR) is 35.6 cm³/mol. The summed E-state index contributed by atoms with van der Waals surface area (Å²) in [5.41, 5.74) is 0. The van der Waals surface area contributed by atoms with Gasteiger partial charge in [-0.15, -0.1) is 0 Å². The summed E-state index contributed by atoms with van der Waals surface area (Å²) in [6, 6.07) is 0. The first kappa shape index (κ1) is 6.16. The zero-order valence-electron chi connectivity index (χ0n) is 5.71. The molecular formula is C7H11NO2. The van der Waals surface area contributed by atoms with Gasteiger partial charge in [0, 0.05) is 0 Å². The fraction of sp³-hybridized carbons (Fsp3) is 0.857. The molecule has 0 aromatic heterocycles. The summed E-state index contributed by atoms with van der Waals surface area (Å²) in [5, 5.41) is 11.9. The molecule has 0 unspecified atom stereocenters. The molecule has 56 valence electrons. The third-order valence-electron chi connectivity index (χ3n) is 2.72. The Balaban J connectivity index is 2.06. The van der Waals surface area contributed by atoms with Gasteiger partial charge in [0.15, 0.2) is 0 Å². The van der Waals surface area contributed by atoms with Crippen LogP contribution in [0, 0.1) is 17.8 Å². The number of carboxylic acid groups (broad SMARTS) is 1. The predicted octanol–water partition coefficient (Wildman–Crippen LogP) is -0.0735. The first-order valence-corrected chi connectivity index (χ1v) is 3.72. The Kier molecular flexibility index (Phi) is 1.20. The van der Waals surface area contributed by atoms with Crippen molar-refractivity contribution >= 4 is 5.97 Å². The van der Waals surface area contributed by atoms with Crippen LogP contribution in [0.5, 0.6) is 0 Å². The molecule has 0 spiro atoms. The Morgan fingerprint density at radius 1 is 1.40 bits per heavy atom. The molecule has 2 N–H and O–H groups in total. The Morgan fingerprint density at radius 2 is 2.00 bits per heavy atom. The highest BCUT2D eigenvalue weighted by Crippen LogP contribution is 2.42. The van der Waals surface area contributed by atoms with Crippen molar-refractivity contribution in [2.24, 2.45) is 17.8 Å². The van der Waals surface area contributed by atoms with Crippen LogP contribution in [-0.4, -0.2) is 24.2 Å². The molecule has 0 aromatic rings. The second kappa shape index (κ2) is 1.95. The van der Waals surface area contributed by atoms with E-state index in [0.717, 1.165) is 19.5 Å². The third-order valence-corrected chi connectivity index (χ3v) is 2.72. The van der Waals surface area contributed by atoms with E-state index in [1.165, 1.54) is 0 Å². The van der Waals surface area contributed by atoms with Crippen LogP contribution in [0.2, 0.25) is 0 Å². The van der Waals surface area contributed by atoms with Crippen molar-refractivity contribution < 1.29 is 9.90 Å². The fourth-order valence-corrected chi connectivity index (χ4v) is 2.15. The van der Waals surface area contributed by atoms with Gasteiger partial charge in [0.25, 0.3) is 0 Å². The van der Waals surface area contributed by atoms with Crippen LogP contribution in [0.15, 0.2) is 0 Å². The lowest BCUT2D eigenvalue weighted by molar-refractivity contribution is -0.154. The van der Waals surface area contributed by atoms with Crippen LogP contribution in [0.3, 0.4) is 0 Å². The number of aliphatic carboxylic acids is 1. The van der Waals surface area contributed by atoms with E-state index in [1.54, 1.807) is 0 Å². The van der Waals surface area contributed by atoms with Crippen molar-refractivity contribution in [1.82, 2.24) is 5.32 Å². The van der Waals surface area contributed by atoms with Gasteiger partial charge >= 0.3 is 5.97 Å². The normalized spacial score (nSPS) is 44.2. The summed E-state index contributed by atoms with van der Waals surface area (Å²) < 4.78 is 0. The van der Waals surface area contributed by atoms with Crippen molar-refractivity contribution in [3.63, 3.8) is 0 Å². The lowest BCUT2D eigenvalue weighted by Gasteiger charge is -2.47. The lowest BCUT2D eigenvalue weighted by Crippen LogP contribution is -2.56. The van der Waals surface area contributed by atoms with Crippen molar-refractivity contribution in [3.8, 4) is 0 Å². The molecule has 3 rings (SSSR count). The Labute approximate surface area is 59.4 Å². The smallest absolute Gasteiger partial charge is 0.307 e. The monoisotopic (exact) mass is 141 g/mol. The van der Waals surface area contributed by atoms with Crippen molar-refractivity contribution in [2.45, 2.75) is 6.42 Å². The van der Waals surface area contributed by atoms with Crippen molar-refractivity contribution in [2.75, 3.05) is 13.1 Å². The summed E-state index contributed by atoms with van der Waals surface area (Å²) in [5.74, 6) is 0.233. The van der Waals surface area contributed by atoms with Crippen LogP contribution in [-0.2, 0) is 4.79 Å². The first-order chi connectivity index (χ1) is 4.79. The molecule has 1 aliphatic carbocycles. The minimum absolute atomic E-state index is 0.0266. The summed E-state index contributed by atoms with van der Waals surface area (Å²) in [4.78, 5) is 10.6. The molecule has 2 heterocycles. The Bertz CT molecular complexity index is 155. The summed E-state index contributed by atoms with van der Waals surface area (Å²) in [7, 11) is 0. The molecule has 2 atom stereocenters. The largest absolute Gasteiger partial charge is 0.481 e. The number of fused-ring (bicyclic) bond motifs is 2. The van der Waals surface area contributed by atoms with Crippen molar-refractivity contribution in [3.05, 3.63) is 0 Å². The molecule has 2 bridgehead atoms. The maximum absolute atomic E-state index is 10.6. The van der Waals surface area contributed by atoms with Gasteiger partial charge in [0.1, 0.15) is 0 Å². The highest BCUT2D eigenvalue weighted by molar-refractivity contribution is 5.72. The van der Waals surface area contributed by atoms with Gasteiger partial charge in [-0.25, -0.2) is 0 Å². The molecule has 3 aliphatic rings. The standard InChI is InChI=1S/C7H11NO2/c9-7(10)6-4-1-5(6)3-8-2-4/h4-6,8H,1-3H2,(H,9,10)/t4-,5-/m1/s1. The van der Waals surface area contributed by atoms with E-state index >= 15 is 0 Å². The van der Waals surface area contributed by atoms with E-state index < -0.39 is 5.97 Å². The molecule has 3 nitrogen and oxygen atoms in total. The average Bonchev–Trinajstić information content (AvgIpc) is 1.87. The fourth-order valence-electron chi connectivity index (χ4n) is 2.15. The summed E-state index contributed by atoms with van der Waals surface area (Å²) in [6.07, 6.45) is 1.13. The second-order valence-electron chi connectivity index (χ2n) is 3.28. The van der Waals surface area contributed by atoms with E-state index in [2.05, 4.69) is 5.32 Å². The van der Waals surface area contributed by atoms with E-state index in [1.807, 2.05) is 0 Å². The summed E-state index contributed by atoms with van der Waals surface area (Å²) in [6.45, 7) is 1.82. The number of hydrogen-bond acceptors (Lipinski definition) is 2. The highest BCUT2D eigenvalue weighted by Gasteiger charge is 2.47. The van der Waals surface area contributed by atoms with Gasteiger partial charge in [-0.3, -0.25) is 4.79 Å². The number of piperidine rings is 2. The molecule has 3 fully saturated rings. The maximum atomic E-state index is 10.6. The topological polar surface area (TPSA) is 49.3 Å². The second-order valence-corrected chi connectivity index (χ2v) is 3.28. The van der Waals surface area contributed by atoms with Crippen LogP contribution in [0.1, 0.15) is 6.42 Å². The minimum Gasteiger partial charge on any atom is -0.481 e. The Hall–Kier alpha value is -0.570. The molecule has 1 saturated carbocycles. The number of nitrogens with one attached hydrogen (secondary N) is 1. The van der Waals surface area contributed by atoms with Crippen LogP contribution >= 0.6 is 0 Å². The minimum atomic E-state index is -0.595. The van der Waals surface area contributed by atoms with Gasteiger partial charge in [-0.05, 0) is 31.3 Å². The first-order valence-electron chi connectivity index (χ1n) is 3.72. The van der Waals surface area contributed by atoms with E-state index in [0.29, 0.717) is 11.8 Å². The summed E-state index contributed by atoms with van der Waals surface area (Å²) >= 11 is 0. The van der Waals surface area contributed by atoms with Gasteiger partial charge in [-0.2, -0.15) is 0 Å². The molecule has 2 saturated heterocycles. The van der Waals surface area contributed by atoms with Crippen molar-refractivity contribution in [1.29, 1.82) is 0 Å². The van der Waals surface area contributed by atoms with Crippen LogP contribution in [0.4, 0.5) is 0 Å². The molecule has 10 heavy (non-hydrogen) atoms. The van der Waals surface area contributed by atoms with Crippen LogP contribution in [0.25, 0.3) is 0 Å². The average molecular weight is 141 g/mol. The van der Waals surface area contributed by atoms with Crippen LogP contribution < -0.4 is 5.32 Å². The van der Waals surface area contributed by atoms with E-state index in [-0.39, 0.29) is 5.92 Å². The molecule has 0 aromatic carbocycles. The molecule has 3 heteroatoms. The number of hydrogen-bond donors (Lipinski definition) is 2. The SMILES string of the molecule is O=C(O)C1[C@H]2CNC[C@H]1C2. The van der Waals surface area contributed by atoms with Gasteiger partial charge in [0.2, 0.25) is 0 Å². The quantitative estimate of drug-likeness (QED) is 0.537. The van der Waals surface area contributed by atoms with Gasteiger partial charge < -0.3 is 10.4 Å². The molecule has 2 aliphatic heterocycles. The molecular weight excluding hydrogens is 130 g/mol. The zero-order chi connectivity index (χ0) is 7.14. The van der Waals surface area contributed by atoms with Gasteiger partial charge in [-0.1, -0.05) is 0 Å². The molecule has 0 radical (unpaired) electrons. The third kappa shape index (κ3) is 0.669. The van der Waals surface area contributed by atoms with Gasteiger partial charge in [0.05, 0.1) is 5.92 Å². The maximum Gasteiger partial charge on any atom is 0.307 e. The number of carboxylic acids is 1. The Morgan fingerprint density at radius 3 is 2.30 bits per heavy atom.